The molecule has 8 nitrogen and oxygen atoms in total. The highest BCUT2D eigenvalue weighted by atomic mass is 16.5. The first-order valence-electron chi connectivity index (χ1n) is 10.3. The van der Waals surface area contributed by atoms with Crippen molar-refractivity contribution in [1.29, 1.82) is 0 Å². The van der Waals surface area contributed by atoms with Crippen molar-refractivity contribution >= 4 is 5.91 Å². The van der Waals surface area contributed by atoms with Crippen molar-refractivity contribution in [2.75, 3.05) is 26.3 Å². The van der Waals surface area contributed by atoms with Crippen molar-refractivity contribution in [2.45, 2.75) is 70.0 Å². The lowest BCUT2D eigenvalue weighted by atomic mass is 9.89. The van der Waals surface area contributed by atoms with Crippen molar-refractivity contribution < 1.29 is 19.0 Å². The third kappa shape index (κ3) is 3.62. The number of nitrogens with zero attached hydrogens (tertiary/aromatic N) is 4. The fraction of sp³-hybridized carbons (Fsp3) is 0.842. The number of ether oxygens (including phenoxy) is 3. The molecule has 0 aromatic carbocycles. The van der Waals surface area contributed by atoms with Crippen LogP contribution in [0.2, 0.25) is 0 Å². The van der Waals surface area contributed by atoms with E-state index in [0.29, 0.717) is 38.2 Å². The fourth-order valence-electron chi connectivity index (χ4n) is 4.39. The largest absolute Gasteiger partial charge is 0.376 e. The summed E-state index contributed by atoms with van der Waals surface area (Å²) < 4.78 is 19.7. The molecule has 8 heteroatoms. The minimum atomic E-state index is -0.211. The molecule has 1 saturated carbocycles. The number of carbonyl (C=O) groups is 1. The molecule has 3 aliphatic heterocycles. The van der Waals surface area contributed by atoms with Gasteiger partial charge in [-0.1, -0.05) is 5.21 Å². The summed E-state index contributed by atoms with van der Waals surface area (Å²) in [7, 11) is 0. The van der Waals surface area contributed by atoms with Crippen molar-refractivity contribution in [1.82, 2.24) is 19.9 Å². The Labute approximate surface area is 159 Å². The second-order valence-corrected chi connectivity index (χ2v) is 8.36. The van der Waals surface area contributed by atoms with E-state index in [1.807, 2.05) is 9.58 Å². The van der Waals surface area contributed by atoms with Crippen LogP contribution in [0.25, 0.3) is 0 Å². The molecule has 1 aromatic heterocycles. The van der Waals surface area contributed by atoms with E-state index in [4.69, 9.17) is 14.2 Å². The number of aromatic nitrogens is 3. The molecule has 1 atom stereocenters. The minimum absolute atomic E-state index is 0.211. The fourth-order valence-corrected chi connectivity index (χ4v) is 4.39. The number of likely N-dealkylation sites (tertiary alicyclic amines) is 1. The Morgan fingerprint density at radius 1 is 1.26 bits per heavy atom. The number of rotatable bonds is 5. The summed E-state index contributed by atoms with van der Waals surface area (Å²) >= 11 is 0. The van der Waals surface area contributed by atoms with E-state index >= 15 is 0 Å². The van der Waals surface area contributed by atoms with Gasteiger partial charge in [-0.25, -0.2) is 4.68 Å². The lowest BCUT2D eigenvalue weighted by Gasteiger charge is -2.43. The van der Waals surface area contributed by atoms with Gasteiger partial charge in [-0.05, 0) is 38.5 Å². The zero-order chi connectivity index (χ0) is 18.3. The van der Waals surface area contributed by atoms with Gasteiger partial charge in [-0.3, -0.25) is 4.79 Å². The maximum absolute atomic E-state index is 12.3. The monoisotopic (exact) mass is 376 g/mol. The van der Waals surface area contributed by atoms with Gasteiger partial charge in [-0.15, -0.1) is 5.10 Å². The summed E-state index contributed by atoms with van der Waals surface area (Å²) in [6.45, 7) is 4.72. The van der Waals surface area contributed by atoms with Gasteiger partial charge in [0.1, 0.15) is 5.69 Å². The Hall–Kier alpha value is -1.51. The summed E-state index contributed by atoms with van der Waals surface area (Å²) in [5.74, 6) is 0.637. The van der Waals surface area contributed by atoms with Crippen LogP contribution in [-0.2, 0) is 38.8 Å². The Kier molecular flexibility index (Phi) is 4.65. The number of amides is 1. The number of carbonyl (C=O) groups excluding carboxylic acids is 1. The van der Waals surface area contributed by atoms with E-state index in [9.17, 15) is 4.79 Å². The van der Waals surface area contributed by atoms with E-state index in [0.717, 1.165) is 69.6 Å². The van der Waals surface area contributed by atoms with Crippen LogP contribution in [0.5, 0.6) is 0 Å². The molecule has 1 aromatic rings. The topological polar surface area (TPSA) is 78.7 Å². The molecule has 1 amide bonds. The smallest absolute Gasteiger partial charge is 0.225 e. The van der Waals surface area contributed by atoms with Crippen LogP contribution in [0, 0.1) is 5.92 Å². The summed E-state index contributed by atoms with van der Waals surface area (Å²) in [5, 5.41) is 8.66. The zero-order valence-electron chi connectivity index (χ0n) is 15.8. The molecule has 1 unspecified atom stereocenters. The first-order chi connectivity index (χ1) is 13.2. The molecule has 0 radical (unpaired) electrons. The highest BCUT2D eigenvalue weighted by Crippen LogP contribution is 2.36. The SMILES string of the molecule is O=C(C1CC1)N1CCC2(CC1)Cn1nnc(COCC3CCCO3)c1CO2. The number of piperidine rings is 1. The van der Waals surface area contributed by atoms with Gasteiger partial charge in [0.25, 0.3) is 0 Å². The van der Waals surface area contributed by atoms with Crippen LogP contribution >= 0.6 is 0 Å². The molecular formula is C19H28N4O4. The van der Waals surface area contributed by atoms with Gasteiger partial charge in [0.15, 0.2) is 0 Å². The van der Waals surface area contributed by atoms with E-state index in [-0.39, 0.29) is 11.7 Å². The molecule has 4 aliphatic rings. The molecule has 3 fully saturated rings. The summed E-state index contributed by atoms with van der Waals surface area (Å²) in [5.41, 5.74) is 1.67. The highest BCUT2D eigenvalue weighted by molar-refractivity contribution is 5.81. The Morgan fingerprint density at radius 2 is 2.11 bits per heavy atom. The number of hydrogen-bond donors (Lipinski definition) is 0. The maximum atomic E-state index is 12.3. The molecule has 1 spiro atoms. The predicted octanol–water partition coefficient (Wildman–Crippen LogP) is 1.28. The highest BCUT2D eigenvalue weighted by Gasteiger charge is 2.43. The van der Waals surface area contributed by atoms with Gasteiger partial charge in [0, 0.05) is 25.6 Å². The van der Waals surface area contributed by atoms with Crippen LogP contribution in [0.1, 0.15) is 49.9 Å². The van der Waals surface area contributed by atoms with Gasteiger partial charge >= 0.3 is 0 Å². The maximum Gasteiger partial charge on any atom is 0.225 e. The zero-order valence-corrected chi connectivity index (χ0v) is 15.8. The molecule has 5 rings (SSSR count). The third-order valence-electron chi connectivity index (χ3n) is 6.35. The predicted molar refractivity (Wildman–Crippen MR) is 94.7 cm³/mol. The average molecular weight is 376 g/mol. The van der Waals surface area contributed by atoms with Crippen molar-refractivity contribution in [3.63, 3.8) is 0 Å². The van der Waals surface area contributed by atoms with Crippen LogP contribution in [0.15, 0.2) is 0 Å². The quantitative estimate of drug-likeness (QED) is 0.770. The Morgan fingerprint density at radius 3 is 2.85 bits per heavy atom. The second kappa shape index (κ2) is 7.14. The standard InChI is InChI=1S/C19H28N4O4/c24-18(14-3-4-14)22-7-5-19(6-8-22)13-23-17(12-27-19)16(20-21-23)11-25-10-15-2-1-9-26-15/h14-15H,1-13H2. The summed E-state index contributed by atoms with van der Waals surface area (Å²) in [6, 6.07) is 0. The van der Waals surface area contributed by atoms with Crippen molar-refractivity contribution in [2.24, 2.45) is 5.92 Å². The van der Waals surface area contributed by atoms with E-state index in [1.54, 1.807) is 0 Å². The molecule has 1 aliphatic carbocycles. The molecule has 0 bridgehead atoms. The number of fused-ring (bicyclic) bond motifs is 1. The summed E-state index contributed by atoms with van der Waals surface area (Å²) in [6.07, 6.45) is 6.29. The van der Waals surface area contributed by atoms with Gasteiger partial charge in [0.05, 0.1) is 43.8 Å². The van der Waals surface area contributed by atoms with Gasteiger partial charge in [0.2, 0.25) is 5.91 Å². The first-order valence-corrected chi connectivity index (χ1v) is 10.3. The van der Waals surface area contributed by atoms with Gasteiger partial charge < -0.3 is 19.1 Å². The Bertz CT molecular complexity index is 688. The lowest BCUT2D eigenvalue weighted by Crippen LogP contribution is -2.52. The third-order valence-corrected chi connectivity index (χ3v) is 6.35. The van der Waals surface area contributed by atoms with Crippen molar-refractivity contribution in [3.8, 4) is 0 Å². The molecule has 2 saturated heterocycles. The lowest BCUT2D eigenvalue weighted by molar-refractivity contribution is -0.147. The number of hydrogen-bond acceptors (Lipinski definition) is 6. The minimum Gasteiger partial charge on any atom is -0.376 e. The van der Waals surface area contributed by atoms with Crippen molar-refractivity contribution in [3.05, 3.63) is 11.4 Å². The molecular weight excluding hydrogens is 348 g/mol. The first kappa shape index (κ1) is 17.6. The average Bonchev–Trinajstić information content (AvgIpc) is 3.27. The van der Waals surface area contributed by atoms with E-state index in [2.05, 4.69) is 10.3 Å². The summed E-state index contributed by atoms with van der Waals surface area (Å²) in [4.78, 5) is 14.3. The molecule has 0 N–H and O–H groups in total. The van der Waals surface area contributed by atoms with Crippen LogP contribution in [0.4, 0.5) is 0 Å². The normalized spacial score (nSPS) is 27.1. The van der Waals surface area contributed by atoms with E-state index in [1.165, 1.54) is 0 Å². The second-order valence-electron chi connectivity index (χ2n) is 8.36. The molecule has 148 valence electrons. The van der Waals surface area contributed by atoms with Crippen LogP contribution < -0.4 is 0 Å². The van der Waals surface area contributed by atoms with Gasteiger partial charge in [-0.2, -0.15) is 0 Å². The van der Waals surface area contributed by atoms with E-state index < -0.39 is 0 Å². The van der Waals surface area contributed by atoms with Crippen LogP contribution in [-0.4, -0.2) is 63.8 Å². The van der Waals surface area contributed by atoms with Crippen LogP contribution in [0.3, 0.4) is 0 Å². The molecule has 4 heterocycles. The Balaban J connectivity index is 1.16. The molecule has 27 heavy (non-hydrogen) atoms.